The number of piperidine rings is 1. The van der Waals surface area contributed by atoms with Crippen molar-refractivity contribution in [1.82, 2.24) is 29.6 Å². The SMILES string of the molecule is O=C(NCCc1ccccc1)N1CCCC(Nc2nccc(-c3c(-c4ccc(F)cc4)nc4occn34)n2)C1. The number of nitrogens with zero attached hydrogens (tertiary/aromatic N) is 5. The molecule has 1 aliphatic heterocycles. The zero-order valence-electron chi connectivity index (χ0n) is 21.3. The third-order valence-electron chi connectivity index (χ3n) is 6.85. The molecule has 6 rings (SSSR count). The highest BCUT2D eigenvalue weighted by molar-refractivity contribution is 5.79. The molecule has 2 N–H and O–H groups in total. The van der Waals surface area contributed by atoms with Gasteiger partial charge < -0.3 is 20.0 Å². The van der Waals surface area contributed by atoms with Gasteiger partial charge in [-0.2, -0.15) is 4.98 Å². The molecule has 3 aromatic heterocycles. The van der Waals surface area contributed by atoms with E-state index in [1.54, 1.807) is 30.8 Å². The number of rotatable bonds is 7. The van der Waals surface area contributed by atoms with Crippen LogP contribution in [0.5, 0.6) is 0 Å². The molecule has 0 bridgehead atoms. The van der Waals surface area contributed by atoms with Crippen molar-refractivity contribution < 1.29 is 13.6 Å². The zero-order chi connectivity index (χ0) is 26.6. The van der Waals surface area contributed by atoms with Crippen molar-refractivity contribution in [2.45, 2.75) is 25.3 Å². The lowest BCUT2D eigenvalue weighted by atomic mass is 10.1. The highest BCUT2D eigenvalue weighted by atomic mass is 19.1. The van der Waals surface area contributed by atoms with Crippen LogP contribution in [-0.2, 0) is 6.42 Å². The number of urea groups is 1. The van der Waals surface area contributed by atoms with Gasteiger partial charge in [0.05, 0.1) is 5.69 Å². The quantitative estimate of drug-likeness (QED) is 0.310. The number of aromatic nitrogens is 4. The van der Waals surface area contributed by atoms with Gasteiger partial charge in [0, 0.05) is 43.6 Å². The van der Waals surface area contributed by atoms with E-state index < -0.39 is 0 Å². The smallest absolute Gasteiger partial charge is 0.317 e. The fourth-order valence-corrected chi connectivity index (χ4v) is 4.93. The topological polar surface area (TPSA) is 101 Å². The third-order valence-corrected chi connectivity index (χ3v) is 6.85. The fraction of sp³-hybridized carbons (Fsp3) is 0.241. The maximum absolute atomic E-state index is 13.6. The lowest BCUT2D eigenvalue weighted by Crippen LogP contribution is -2.49. The number of carbonyl (C=O) groups excluding carboxylic acids is 1. The molecule has 1 saturated heterocycles. The molecule has 9 nitrogen and oxygen atoms in total. The monoisotopic (exact) mass is 525 g/mol. The van der Waals surface area contributed by atoms with E-state index in [1.165, 1.54) is 17.7 Å². The van der Waals surface area contributed by atoms with Gasteiger partial charge in [-0.25, -0.2) is 19.2 Å². The molecule has 4 heterocycles. The van der Waals surface area contributed by atoms with Crippen molar-refractivity contribution in [3.8, 4) is 22.6 Å². The van der Waals surface area contributed by atoms with Crippen molar-refractivity contribution >= 4 is 17.8 Å². The van der Waals surface area contributed by atoms with Gasteiger partial charge in [-0.15, -0.1) is 0 Å². The number of amides is 2. The molecule has 0 spiro atoms. The Labute approximate surface area is 224 Å². The number of oxazole rings is 1. The Kier molecular flexibility index (Phi) is 6.90. The Morgan fingerprint density at radius 3 is 2.77 bits per heavy atom. The van der Waals surface area contributed by atoms with Gasteiger partial charge in [-0.3, -0.25) is 4.40 Å². The Morgan fingerprint density at radius 2 is 1.92 bits per heavy atom. The number of benzene rings is 2. The van der Waals surface area contributed by atoms with E-state index in [0.29, 0.717) is 42.8 Å². The Hall–Kier alpha value is -4.73. The minimum Gasteiger partial charge on any atom is -0.432 e. The third kappa shape index (κ3) is 5.45. The molecule has 0 saturated carbocycles. The first kappa shape index (κ1) is 24.6. The number of imidazole rings is 1. The van der Waals surface area contributed by atoms with Crippen molar-refractivity contribution in [1.29, 1.82) is 0 Å². The number of nitrogens with one attached hydrogen (secondary N) is 2. The normalized spacial score (nSPS) is 15.4. The molecule has 39 heavy (non-hydrogen) atoms. The van der Waals surface area contributed by atoms with Crippen LogP contribution >= 0.6 is 0 Å². The number of fused-ring (bicyclic) bond motifs is 1. The summed E-state index contributed by atoms with van der Waals surface area (Å²) in [6, 6.07) is 18.1. The highest BCUT2D eigenvalue weighted by Crippen LogP contribution is 2.32. The summed E-state index contributed by atoms with van der Waals surface area (Å²) in [5.74, 6) is 0.564. The first-order valence-electron chi connectivity index (χ1n) is 13.0. The van der Waals surface area contributed by atoms with Gasteiger partial charge in [0.15, 0.2) is 0 Å². The molecule has 10 heteroatoms. The summed E-state index contributed by atoms with van der Waals surface area (Å²) in [5, 5.41) is 6.45. The number of halogens is 1. The molecule has 2 amide bonds. The summed E-state index contributed by atoms with van der Waals surface area (Å²) < 4.78 is 20.9. The van der Waals surface area contributed by atoms with Crippen LogP contribution in [0.25, 0.3) is 28.5 Å². The van der Waals surface area contributed by atoms with Crippen molar-refractivity contribution in [3.63, 3.8) is 0 Å². The van der Waals surface area contributed by atoms with E-state index in [-0.39, 0.29) is 17.9 Å². The summed E-state index contributed by atoms with van der Waals surface area (Å²) in [5.41, 5.74) is 3.95. The van der Waals surface area contributed by atoms with Gasteiger partial charge in [-0.1, -0.05) is 30.3 Å². The second-order valence-electron chi connectivity index (χ2n) is 9.53. The molecule has 1 fully saturated rings. The van der Waals surface area contributed by atoms with Crippen LogP contribution in [-0.4, -0.2) is 56.0 Å². The maximum atomic E-state index is 13.6. The predicted octanol–water partition coefficient (Wildman–Crippen LogP) is 5.02. The Morgan fingerprint density at radius 1 is 1.08 bits per heavy atom. The summed E-state index contributed by atoms with van der Waals surface area (Å²) in [7, 11) is 0. The average molecular weight is 526 g/mol. The molecule has 1 aliphatic rings. The molecule has 0 aliphatic carbocycles. The van der Waals surface area contributed by atoms with Gasteiger partial charge in [0.2, 0.25) is 5.95 Å². The Bertz CT molecular complexity index is 1570. The molecule has 1 atom stereocenters. The van der Waals surface area contributed by atoms with E-state index in [2.05, 4.69) is 32.7 Å². The van der Waals surface area contributed by atoms with E-state index >= 15 is 0 Å². The zero-order valence-corrected chi connectivity index (χ0v) is 21.3. The average Bonchev–Trinajstić information content (AvgIpc) is 3.56. The van der Waals surface area contributed by atoms with E-state index in [1.807, 2.05) is 33.6 Å². The van der Waals surface area contributed by atoms with Crippen molar-refractivity contribution in [3.05, 3.63) is 90.7 Å². The minimum absolute atomic E-state index is 0.0184. The van der Waals surface area contributed by atoms with Crippen LogP contribution in [0, 0.1) is 5.82 Å². The lowest BCUT2D eigenvalue weighted by Gasteiger charge is -2.33. The standard InChI is InChI=1S/C29H28FN7O2/c30-22-10-8-21(9-11-22)25-26(37-17-18-39-29(37)35-25)24-13-15-31-27(34-24)33-23-7-4-16-36(19-23)28(38)32-14-12-20-5-2-1-3-6-20/h1-3,5-6,8-11,13,15,17-18,23H,4,7,12,14,16,19H2,(H,32,38)(H,31,33,34). The first-order chi connectivity index (χ1) is 19.1. The largest absolute Gasteiger partial charge is 0.432 e. The molecule has 2 aromatic carbocycles. The van der Waals surface area contributed by atoms with Crippen molar-refractivity contribution in [2.75, 3.05) is 25.0 Å². The van der Waals surface area contributed by atoms with Crippen LogP contribution in [0.3, 0.4) is 0 Å². The van der Waals surface area contributed by atoms with Crippen LogP contribution in [0.2, 0.25) is 0 Å². The molecule has 5 aromatic rings. The molecular formula is C29H28FN7O2. The first-order valence-corrected chi connectivity index (χ1v) is 13.0. The number of anilines is 1. The summed E-state index contributed by atoms with van der Waals surface area (Å²) in [6.07, 6.45) is 7.60. The summed E-state index contributed by atoms with van der Waals surface area (Å²) >= 11 is 0. The van der Waals surface area contributed by atoms with Gasteiger partial charge >= 0.3 is 11.9 Å². The number of likely N-dealkylation sites (tertiary alicyclic amines) is 1. The number of carbonyl (C=O) groups is 1. The van der Waals surface area contributed by atoms with Gasteiger partial charge in [0.1, 0.15) is 23.5 Å². The fourth-order valence-electron chi connectivity index (χ4n) is 4.93. The van der Waals surface area contributed by atoms with Crippen LogP contribution in [0.1, 0.15) is 18.4 Å². The number of hydrogen-bond acceptors (Lipinski definition) is 6. The van der Waals surface area contributed by atoms with E-state index in [4.69, 9.17) is 9.40 Å². The molecule has 0 radical (unpaired) electrons. The molecule has 198 valence electrons. The summed E-state index contributed by atoms with van der Waals surface area (Å²) in [4.78, 5) is 28.5. The summed E-state index contributed by atoms with van der Waals surface area (Å²) in [6.45, 7) is 1.86. The minimum atomic E-state index is -0.317. The van der Waals surface area contributed by atoms with Gasteiger partial charge in [-0.05, 0) is 55.2 Å². The Balaban J connectivity index is 1.15. The highest BCUT2D eigenvalue weighted by Gasteiger charge is 2.25. The van der Waals surface area contributed by atoms with E-state index in [9.17, 15) is 9.18 Å². The van der Waals surface area contributed by atoms with Crippen LogP contribution in [0.15, 0.2) is 83.7 Å². The molecular weight excluding hydrogens is 497 g/mol. The predicted molar refractivity (Wildman–Crippen MR) is 146 cm³/mol. The molecule has 1 unspecified atom stereocenters. The van der Waals surface area contributed by atoms with Crippen LogP contribution < -0.4 is 10.6 Å². The van der Waals surface area contributed by atoms with Crippen LogP contribution in [0.4, 0.5) is 15.1 Å². The lowest BCUT2D eigenvalue weighted by molar-refractivity contribution is 0.182. The van der Waals surface area contributed by atoms with Crippen molar-refractivity contribution in [2.24, 2.45) is 0 Å². The second kappa shape index (κ2) is 10.9. The maximum Gasteiger partial charge on any atom is 0.317 e. The number of hydrogen-bond donors (Lipinski definition) is 2. The van der Waals surface area contributed by atoms with E-state index in [0.717, 1.165) is 30.5 Å². The van der Waals surface area contributed by atoms with Gasteiger partial charge in [0.25, 0.3) is 0 Å². The second-order valence-corrected chi connectivity index (χ2v) is 9.53.